The highest BCUT2D eigenvalue weighted by Gasteiger charge is 2.17. The SMILES string of the molecule is O=C(NCc1ccccc1F)c1cc2c(s1)CCCC2. The van der Waals surface area contributed by atoms with Crippen LogP contribution in [0.15, 0.2) is 30.3 Å². The van der Waals surface area contributed by atoms with Crippen molar-refractivity contribution in [3.05, 3.63) is 57.0 Å². The van der Waals surface area contributed by atoms with Gasteiger partial charge in [0.05, 0.1) is 4.88 Å². The zero-order valence-electron chi connectivity index (χ0n) is 11.1. The molecule has 0 saturated heterocycles. The van der Waals surface area contributed by atoms with Crippen molar-refractivity contribution >= 4 is 17.2 Å². The highest BCUT2D eigenvalue weighted by Crippen LogP contribution is 2.29. The Morgan fingerprint density at radius 1 is 1.25 bits per heavy atom. The summed E-state index contributed by atoms with van der Waals surface area (Å²) in [5.41, 5.74) is 1.83. The number of carbonyl (C=O) groups excluding carboxylic acids is 1. The molecule has 0 atom stereocenters. The summed E-state index contributed by atoms with van der Waals surface area (Å²) in [6.07, 6.45) is 4.58. The number of rotatable bonds is 3. The van der Waals surface area contributed by atoms with Crippen molar-refractivity contribution in [3.63, 3.8) is 0 Å². The Morgan fingerprint density at radius 3 is 2.85 bits per heavy atom. The van der Waals surface area contributed by atoms with Crippen molar-refractivity contribution in [1.29, 1.82) is 0 Å². The van der Waals surface area contributed by atoms with Crippen LogP contribution in [-0.4, -0.2) is 5.91 Å². The van der Waals surface area contributed by atoms with Gasteiger partial charge in [0.15, 0.2) is 0 Å². The Bertz CT molecular complexity index is 612. The molecule has 1 aromatic heterocycles. The Labute approximate surface area is 121 Å². The third-order valence-electron chi connectivity index (χ3n) is 3.62. The highest BCUT2D eigenvalue weighted by molar-refractivity contribution is 7.14. The van der Waals surface area contributed by atoms with Crippen molar-refractivity contribution in [2.45, 2.75) is 32.2 Å². The summed E-state index contributed by atoms with van der Waals surface area (Å²) in [6.45, 7) is 0.230. The fraction of sp³-hybridized carbons (Fsp3) is 0.312. The molecule has 1 amide bonds. The molecule has 0 radical (unpaired) electrons. The number of benzene rings is 1. The largest absolute Gasteiger partial charge is 0.347 e. The molecule has 0 bridgehead atoms. The molecule has 1 aromatic carbocycles. The first kappa shape index (κ1) is 13.3. The van der Waals surface area contributed by atoms with Crippen LogP contribution in [0.1, 0.15) is 38.5 Å². The van der Waals surface area contributed by atoms with Crippen LogP contribution in [0.5, 0.6) is 0 Å². The minimum Gasteiger partial charge on any atom is -0.347 e. The van der Waals surface area contributed by atoms with E-state index in [4.69, 9.17) is 0 Å². The van der Waals surface area contributed by atoms with Crippen molar-refractivity contribution in [2.24, 2.45) is 0 Å². The van der Waals surface area contributed by atoms with Crippen LogP contribution < -0.4 is 5.32 Å². The predicted molar refractivity (Wildman–Crippen MR) is 78.5 cm³/mol. The lowest BCUT2D eigenvalue weighted by Gasteiger charge is -2.08. The van der Waals surface area contributed by atoms with E-state index in [0.717, 1.165) is 17.7 Å². The van der Waals surface area contributed by atoms with Gasteiger partial charge >= 0.3 is 0 Å². The van der Waals surface area contributed by atoms with Gasteiger partial charge in [-0.3, -0.25) is 4.79 Å². The predicted octanol–water partition coefficient (Wildman–Crippen LogP) is 3.70. The lowest BCUT2D eigenvalue weighted by atomic mass is 9.99. The second-order valence-electron chi connectivity index (χ2n) is 5.04. The van der Waals surface area contributed by atoms with E-state index in [0.29, 0.717) is 5.56 Å². The average Bonchev–Trinajstić information content (AvgIpc) is 2.90. The summed E-state index contributed by atoms with van der Waals surface area (Å²) < 4.78 is 13.5. The van der Waals surface area contributed by atoms with Crippen LogP contribution in [0, 0.1) is 5.82 Å². The first-order valence-corrected chi connectivity index (χ1v) is 7.69. The van der Waals surface area contributed by atoms with Gasteiger partial charge in [-0.05, 0) is 43.4 Å². The minimum absolute atomic E-state index is 0.104. The smallest absolute Gasteiger partial charge is 0.261 e. The molecule has 1 heterocycles. The maximum Gasteiger partial charge on any atom is 0.261 e. The molecule has 0 spiro atoms. The molecule has 0 aliphatic heterocycles. The van der Waals surface area contributed by atoms with E-state index in [2.05, 4.69) is 5.32 Å². The van der Waals surface area contributed by atoms with Crippen molar-refractivity contribution in [2.75, 3.05) is 0 Å². The number of hydrogen-bond donors (Lipinski definition) is 1. The zero-order valence-corrected chi connectivity index (χ0v) is 11.9. The third kappa shape index (κ3) is 2.75. The molecule has 20 heavy (non-hydrogen) atoms. The molecule has 2 nitrogen and oxygen atoms in total. The number of amides is 1. The Hall–Kier alpha value is -1.68. The molecule has 1 aliphatic carbocycles. The molecule has 0 fully saturated rings. The minimum atomic E-state index is -0.279. The first-order chi connectivity index (χ1) is 9.74. The van der Waals surface area contributed by atoms with Gasteiger partial charge in [0.25, 0.3) is 5.91 Å². The van der Waals surface area contributed by atoms with Crippen LogP contribution >= 0.6 is 11.3 Å². The lowest BCUT2D eigenvalue weighted by molar-refractivity contribution is 0.0954. The number of halogens is 1. The van der Waals surface area contributed by atoms with Gasteiger partial charge < -0.3 is 5.32 Å². The quantitative estimate of drug-likeness (QED) is 0.917. The highest BCUT2D eigenvalue weighted by atomic mass is 32.1. The van der Waals surface area contributed by atoms with E-state index in [1.165, 1.54) is 29.3 Å². The van der Waals surface area contributed by atoms with Crippen molar-refractivity contribution in [1.82, 2.24) is 5.32 Å². The normalized spacial score (nSPS) is 13.8. The molecular weight excluding hydrogens is 273 g/mol. The van der Waals surface area contributed by atoms with E-state index in [1.54, 1.807) is 29.5 Å². The summed E-state index contributed by atoms with van der Waals surface area (Å²) in [6, 6.07) is 8.51. The number of carbonyl (C=O) groups is 1. The number of nitrogens with one attached hydrogen (secondary N) is 1. The first-order valence-electron chi connectivity index (χ1n) is 6.87. The summed E-state index contributed by atoms with van der Waals surface area (Å²) in [4.78, 5) is 14.2. The zero-order chi connectivity index (χ0) is 13.9. The van der Waals surface area contributed by atoms with E-state index in [-0.39, 0.29) is 18.3 Å². The maximum atomic E-state index is 13.5. The number of hydrogen-bond acceptors (Lipinski definition) is 2. The Balaban J connectivity index is 1.67. The van der Waals surface area contributed by atoms with Crippen LogP contribution in [0.25, 0.3) is 0 Å². The van der Waals surface area contributed by atoms with Gasteiger partial charge in [-0.2, -0.15) is 0 Å². The number of fused-ring (bicyclic) bond motifs is 1. The molecule has 2 aromatic rings. The van der Waals surface area contributed by atoms with Gasteiger partial charge in [-0.15, -0.1) is 11.3 Å². The second kappa shape index (κ2) is 5.75. The molecule has 0 saturated carbocycles. The molecule has 104 valence electrons. The van der Waals surface area contributed by atoms with Gasteiger partial charge in [0, 0.05) is 17.0 Å². The van der Waals surface area contributed by atoms with Gasteiger partial charge in [0.1, 0.15) is 5.82 Å². The molecule has 0 unspecified atom stereocenters. The van der Waals surface area contributed by atoms with E-state index in [1.807, 2.05) is 6.07 Å². The fourth-order valence-electron chi connectivity index (χ4n) is 2.51. The van der Waals surface area contributed by atoms with Crippen LogP contribution in [-0.2, 0) is 19.4 Å². The Morgan fingerprint density at radius 2 is 2.05 bits per heavy atom. The fourth-order valence-corrected chi connectivity index (χ4v) is 3.68. The van der Waals surface area contributed by atoms with E-state index < -0.39 is 0 Å². The Kier molecular flexibility index (Phi) is 3.83. The van der Waals surface area contributed by atoms with Crippen LogP contribution in [0.2, 0.25) is 0 Å². The van der Waals surface area contributed by atoms with E-state index in [9.17, 15) is 9.18 Å². The van der Waals surface area contributed by atoms with E-state index >= 15 is 0 Å². The van der Waals surface area contributed by atoms with Crippen molar-refractivity contribution in [3.8, 4) is 0 Å². The second-order valence-corrected chi connectivity index (χ2v) is 6.18. The lowest BCUT2D eigenvalue weighted by Crippen LogP contribution is -2.22. The van der Waals surface area contributed by atoms with Crippen LogP contribution in [0.4, 0.5) is 4.39 Å². The molecule has 4 heteroatoms. The topological polar surface area (TPSA) is 29.1 Å². The molecular formula is C16H16FNOS. The number of thiophene rings is 1. The molecule has 1 aliphatic rings. The number of aryl methyl sites for hydroxylation is 2. The summed E-state index contributed by atoms with van der Waals surface area (Å²) in [7, 11) is 0. The maximum absolute atomic E-state index is 13.5. The van der Waals surface area contributed by atoms with Gasteiger partial charge in [-0.25, -0.2) is 4.39 Å². The summed E-state index contributed by atoms with van der Waals surface area (Å²) in [5.74, 6) is -0.383. The summed E-state index contributed by atoms with van der Waals surface area (Å²) in [5, 5.41) is 2.80. The van der Waals surface area contributed by atoms with Crippen molar-refractivity contribution < 1.29 is 9.18 Å². The van der Waals surface area contributed by atoms with Crippen LogP contribution in [0.3, 0.4) is 0 Å². The molecule has 3 rings (SSSR count). The average molecular weight is 289 g/mol. The standard InChI is InChI=1S/C16H16FNOS/c17-13-7-3-1-6-12(13)10-18-16(19)15-9-11-5-2-4-8-14(11)20-15/h1,3,6-7,9H,2,4-5,8,10H2,(H,18,19). The molecule has 1 N–H and O–H groups in total. The summed E-state index contributed by atoms with van der Waals surface area (Å²) >= 11 is 1.58. The van der Waals surface area contributed by atoms with Gasteiger partial charge in [0.2, 0.25) is 0 Å². The third-order valence-corrected chi connectivity index (χ3v) is 4.85. The monoisotopic (exact) mass is 289 g/mol. The van der Waals surface area contributed by atoms with Gasteiger partial charge in [-0.1, -0.05) is 18.2 Å².